The molecule has 0 atom stereocenters. The van der Waals surface area contributed by atoms with Crippen molar-refractivity contribution in [2.45, 2.75) is 27.2 Å². The molecule has 1 aromatic heterocycles. The van der Waals surface area contributed by atoms with Crippen molar-refractivity contribution in [3.63, 3.8) is 0 Å². The van der Waals surface area contributed by atoms with E-state index in [-0.39, 0.29) is 18.2 Å². The van der Waals surface area contributed by atoms with Crippen molar-refractivity contribution in [2.75, 3.05) is 6.54 Å². The Morgan fingerprint density at radius 3 is 2.64 bits per heavy atom. The zero-order valence-corrected chi connectivity index (χ0v) is 13.5. The Morgan fingerprint density at radius 2 is 2.05 bits per heavy atom. The lowest BCUT2D eigenvalue weighted by atomic mass is 9.90. The monoisotopic (exact) mass is 323 g/mol. The molecule has 6 heteroatoms. The van der Waals surface area contributed by atoms with E-state index in [4.69, 9.17) is 21.1 Å². The lowest BCUT2D eigenvalue weighted by molar-refractivity contribution is -0.147. The van der Waals surface area contributed by atoms with E-state index in [1.165, 1.54) is 0 Å². The first-order valence-electron chi connectivity index (χ1n) is 6.93. The molecule has 2 N–H and O–H groups in total. The van der Waals surface area contributed by atoms with Gasteiger partial charge in [-0.25, -0.2) is 0 Å². The molecule has 0 saturated carbocycles. The van der Waals surface area contributed by atoms with Gasteiger partial charge < -0.3 is 14.8 Å². The summed E-state index contributed by atoms with van der Waals surface area (Å²) >= 11 is 6.06. The Kier molecular flexibility index (Phi) is 4.47. The van der Waals surface area contributed by atoms with Crippen molar-refractivity contribution >= 4 is 34.4 Å². The Balaban J connectivity index is 2.12. The van der Waals surface area contributed by atoms with Gasteiger partial charge in [0.15, 0.2) is 11.3 Å². The first kappa shape index (κ1) is 16.4. The van der Waals surface area contributed by atoms with Crippen LogP contribution in [0.1, 0.15) is 36.4 Å². The number of hydrogen-bond donors (Lipinski definition) is 2. The molecular formula is C16H18ClNO4. The van der Waals surface area contributed by atoms with Crippen molar-refractivity contribution in [1.82, 2.24) is 5.32 Å². The SMILES string of the molecule is Cc1c(C(=O)NCCC(C)(C)C(=O)O)oc2c(Cl)cccc12. The summed E-state index contributed by atoms with van der Waals surface area (Å²) in [5.74, 6) is -1.06. The maximum absolute atomic E-state index is 12.2. The van der Waals surface area contributed by atoms with Gasteiger partial charge in [-0.2, -0.15) is 0 Å². The summed E-state index contributed by atoms with van der Waals surface area (Å²) in [4.78, 5) is 23.2. The molecule has 2 rings (SSSR count). The average Bonchev–Trinajstić information content (AvgIpc) is 2.77. The van der Waals surface area contributed by atoms with Gasteiger partial charge in [-0.15, -0.1) is 0 Å². The first-order chi connectivity index (χ1) is 10.2. The third-order valence-corrected chi connectivity index (χ3v) is 4.03. The number of rotatable bonds is 5. The standard InChI is InChI=1S/C16H18ClNO4/c1-9-10-5-4-6-11(17)13(10)22-12(9)14(19)18-8-7-16(2,3)15(20)21/h4-6H,7-8H2,1-3H3,(H,18,19)(H,20,21). The van der Waals surface area contributed by atoms with E-state index in [1.807, 2.05) is 6.07 Å². The molecule has 0 aliphatic heterocycles. The van der Waals surface area contributed by atoms with Crippen LogP contribution in [0.2, 0.25) is 5.02 Å². The minimum atomic E-state index is -0.895. The van der Waals surface area contributed by atoms with E-state index in [0.717, 1.165) is 5.39 Å². The molecule has 0 aliphatic rings. The molecule has 2 aromatic rings. The van der Waals surface area contributed by atoms with Gasteiger partial charge in [-0.3, -0.25) is 9.59 Å². The van der Waals surface area contributed by atoms with Crippen LogP contribution in [-0.2, 0) is 4.79 Å². The van der Waals surface area contributed by atoms with E-state index < -0.39 is 11.4 Å². The van der Waals surface area contributed by atoms with E-state index in [1.54, 1.807) is 32.9 Å². The van der Waals surface area contributed by atoms with Gasteiger partial charge in [0.2, 0.25) is 0 Å². The van der Waals surface area contributed by atoms with Crippen molar-refractivity contribution in [1.29, 1.82) is 0 Å². The van der Waals surface area contributed by atoms with Crippen molar-refractivity contribution < 1.29 is 19.1 Å². The van der Waals surface area contributed by atoms with Crippen molar-refractivity contribution in [3.05, 3.63) is 34.5 Å². The number of carbonyl (C=O) groups excluding carboxylic acids is 1. The number of aryl methyl sites for hydroxylation is 1. The third kappa shape index (κ3) is 3.09. The highest BCUT2D eigenvalue weighted by Gasteiger charge is 2.27. The Hall–Kier alpha value is -2.01. The van der Waals surface area contributed by atoms with Crippen LogP contribution in [0.4, 0.5) is 0 Å². The van der Waals surface area contributed by atoms with Gasteiger partial charge in [-0.05, 0) is 33.3 Å². The average molecular weight is 324 g/mol. The molecule has 0 spiro atoms. The minimum Gasteiger partial charge on any atom is -0.481 e. The summed E-state index contributed by atoms with van der Waals surface area (Å²) in [5, 5.41) is 13.0. The van der Waals surface area contributed by atoms with E-state index in [9.17, 15) is 9.59 Å². The number of benzene rings is 1. The lowest BCUT2D eigenvalue weighted by Crippen LogP contribution is -2.32. The second-order valence-corrected chi connectivity index (χ2v) is 6.27. The first-order valence-corrected chi connectivity index (χ1v) is 7.31. The van der Waals surface area contributed by atoms with Gasteiger partial charge in [0.25, 0.3) is 5.91 Å². The summed E-state index contributed by atoms with van der Waals surface area (Å²) in [6.45, 7) is 5.28. The molecule has 0 unspecified atom stereocenters. The predicted octanol–water partition coefficient (Wildman–Crippen LogP) is 3.63. The Bertz CT molecular complexity index is 733. The van der Waals surface area contributed by atoms with Crippen LogP contribution < -0.4 is 5.32 Å². The quantitative estimate of drug-likeness (QED) is 0.880. The van der Waals surface area contributed by atoms with E-state index >= 15 is 0 Å². The number of amides is 1. The molecule has 22 heavy (non-hydrogen) atoms. The summed E-state index contributed by atoms with van der Waals surface area (Å²) in [6.07, 6.45) is 0.327. The fourth-order valence-corrected chi connectivity index (χ4v) is 2.31. The fourth-order valence-electron chi connectivity index (χ4n) is 2.10. The number of carbonyl (C=O) groups is 2. The number of halogens is 1. The Labute approximate surface area is 133 Å². The van der Waals surface area contributed by atoms with E-state index in [0.29, 0.717) is 22.6 Å². The fraction of sp³-hybridized carbons (Fsp3) is 0.375. The largest absolute Gasteiger partial charge is 0.481 e. The second kappa shape index (κ2) is 6.01. The normalized spacial score (nSPS) is 11.6. The van der Waals surface area contributed by atoms with Crippen LogP contribution in [-0.4, -0.2) is 23.5 Å². The molecule has 118 valence electrons. The number of nitrogens with one attached hydrogen (secondary N) is 1. The zero-order valence-electron chi connectivity index (χ0n) is 12.7. The molecule has 1 heterocycles. The number of fused-ring (bicyclic) bond motifs is 1. The van der Waals surface area contributed by atoms with Gasteiger partial charge in [0, 0.05) is 17.5 Å². The molecule has 0 bridgehead atoms. The number of hydrogen-bond acceptors (Lipinski definition) is 3. The summed E-state index contributed by atoms with van der Waals surface area (Å²) in [5.41, 5.74) is 0.310. The van der Waals surface area contributed by atoms with Crippen LogP contribution in [0.3, 0.4) is 0 Å². The predicted molar refractivity (Wildman–Crippen MR) is 84.3 cm³/mol. The van der Waals surface area contributed by atoms with Crippen LogP contribution in [0.25, 0.3) is 11.0 Å². The topological polar surface area (TPSA) is 79.5 Å². The highest BCUT2D eigenvalue weighted by molar-refractivity contribution is 6.35. The summed E-state index contributed by atoms with van der Waals surface area (Å²) in [6, 6.07) is 5.33. The van der Waals surface area contributed by atoms with Gasteiger partial charge >= 0.3 is 5.97 Å². The third-order valence-electron chi connectivity index (χ3n) is 3.74. The molecule has 0 fully saturated rings. The molecule has 1 aromatic carbocycles. The maximum Gasteiger partial charge on any atom is 0.309 e. The highest BCUT2D eigenvalue weighted by Crippen LogP contribution is 2.30. The summed E-state index contributed by atoms with van der Waals surface area (Å²) in [7, 11) is 0. The van der Waals surface area contributed by atoms with Crippen molar-refractivity contribution in [2.24, 2.45) is 5.41 Å². The molecular weight excluding hydrogens is 306 g/mol. The van der Waals surface area contributed by atoms with E-state index in [2.05, 4.69) is 5.32 Å². The molecule has 0 radical (unpaired) electrons. The number of carboxylic acid groups (broad SMARTS) is 1. The highest BCUT2D eigenvalue weighted by atomic mass is 35.5. The van der Waals surface area contributed by atoms with Crippen LogP contribution in [0.15, 0.2) is 22.6 Å². The van der Waals surface area contributed by atoms with Crippen molar-refractivity contribution in [3.8, 4) is 0 Å². The lowest BCUT2D eigenvalue weighted by Gasteiger charge is -2.18. The van der Waals surface area contributed by atoms with Gasteiger partial charge in [0.1, 0.15) is 0 Å². The smallest absolute Gasteiger partial charge is 0.309 e. The number of furan rings is 1. The molecule has 0 aliphatic carbocycles. The number of carboxylic acids is 1. The zero-order chi connectivity index (χ0) is 16.5. The maximum atomic E-state index is 12.2. The number of para-hydroxylation sites is 1. The van der Waals surface area contributed by atoms with Crippen LogP contribution >= 0.6 is 11.6 Å². The molecule has 0 saturated heterocycles. The van der Waals surface area contributed by atoms with Gasteiger partial charge in [0.05, 0.1) is 10.4 Å². The number of aliphatic carboxylic acids is 1. The van der Waals surface area contributed by atoms with Crippen LogP contribution in [0.5, 0.6) is 0 Å². The van der Waals surface area contributed by atoms with Crippen LogP contribution in [0, 0.1) is 12.3 Å². The Morgan fingerprint density at radius 1 is 1.36 bits per heavy atom. The minimum absolute atomic E-state index is 0.205. The summed E-state index contributed by atoms with van der Waals surface area (Å²) < 4.78 is 5.56. The second-order valence-electron chi connectivity index (χ2n) is 5.87. The van der Waals surface area contributed by atoms with Gasteiger partial charge in [-0.1, -0.05) is 23.7 Å². The molecule has 1 amide bonds. The molecule has 5 nitrogen and oxygen atoms in total.